The Kier molecular flexibility index (Phi) is 5.53. The third-order valence-electron chi connectivity index (χ3n) is 3.97. The highest BCUT2D eigenvalue weighted by molar-refractivity contribution is 7.92. The molecule has 0 bridgehead atoms. The van der Waals surface area contributed by atoms with E-state index in [0.717, 1.165) is 17.5 Å². The molecule has 2 N–H and O–H groups in total. The van der Waals surface area contributed by atoms with E-state index < -0.39 is 10.0 Å². The summed E-state index contributed by atoms with van der Waals surface area (Å²) < 4.78 is 27.4. The molecule has 0 saturated carbocycles. The molecule has 0 spiro atoms. The number of anilines is 2. The lowest BCUT2D eigenvalue weighted by molar-refractivity contribution is 0.601. The first-order valence-electron chi connectivity index (χ1n) is 8.42. The fourth-order valence-electron chi connectivity index (χ4n) is 2.47. The quantitative estimate of drug-likeness (QED) is 0.661. The van der Waals surface area contributed by atoms with Crippen molar-refractivity contribution in [2.75, 3.05) is 10.0 Å². The number of hydrogen-bond donors (Lipinski definition) is 2. The Bertz CT molecular complexity index is 939. The maximum absolute atomic E-state index is 12.4. The molecule has 0 aliphatic carbocycles. The van der Waals surface area contributed by atoms with Crippen LogP contribution < -0.4 is 10.0 Å². The van der Waals surface area contributed by atoms with Crippen LogP contribution in [0.5, 0.6) is 0 Å². The van der Waals surface area contributed by atoms with Gasteiger partial charge in [-0.3, -0.25) is 4.72 Å². The van der Waals surface area contributed by atoms with Gasteiger partial charge in [-0.25, -0.2) is 13.4 Å². The number of benzene rings is 2. The summed E-state index contributed by atoms with van der Waals surface area (Å²) in [6.45, 7) is 2.68. The van der Waals surface area contributed by atoms with E-state index in [9.17, 15) is 8.42 Å². The summed E-state index contributed by atoms with van der Waals surface area (Å²) in [6.07, 6.45) is 2.38. The minimum absolute atomic E-state index is 0.237. The summed E-state index contributed by atoms with van der Waals surface area (Å²) in [6, 6.07) is 20.3. The van der Waals surface area contributed by atoms with Crippen molar-refractivity contribution in [3.63, 3.8) is 0 Å². The molecule has 0 radical (unpaired) electrons. The van der Waals surface area contributed by atoms with Gasteiger partial charge in [0.25, 0.3) is 10.0 Å². The molecule has 134 valence electrons. The summed E-state index contributed by atoms with van der Waals surface area (Å²) in [4.78, 5) is 4.50. The van der Waals surface area contributed by atoms with E-state index in [0.29, 0.717) is 18.1 Å². The van der Waals surface area contributed by atoms with E-state index in [-0.39, 0.29) is 4.90 Å². The summed E-state index contributed by atoms with van der Waals surface area (Å²) in [7, 11) is -3.62. The van der Waals surface area contributed by atoms with Gasteiger partial charge in [-0.15, -0.1) is 0 Å². The van der Waals surface area contributed by atoms with Crippen molar-refractivity contribution in [2.24, 2.45) is 0 Å². The highest BCUT2D eigenvalue weighted by Gasteiger charge is 2.14. The maximum atomic E-state index is 12.4. The zero-order chi connectivity index (χ0) is 18.4. The van der Waals surface area contributed by atoms with Gasteiger partial charge in [-0.2, -0.15) is 0 Å². The Morgan fingerprint density at radius 3 is 2.23 bits per heavy atom. The molecule has 6 heteroatoms. The number of sulfonamides is 1. The van der Waals surface area contributed by atoms with E-state index in [1.807, 2.05) is 49.4 Å². The van der Waals surface area contributed by atoms with Gasteiger partial charge in [0.15, 0.2) is 0 Å². The maximum Gasteiger partial charge on any atom is 0.261 e. The van der Waals surface area contributed by atoms with Gasteiger partial charge in [0.1, 0.15) is 5.82 Å². The second-order valence-corrected chi connectivity index (χ2v) is 7.56. The Labute approximate surface area is 154 Å². The van der Waals surface area contributed by atoms with Crippen molar-refractivity contribution >= 4 is 21.5 Å². The lowest BCUT2D eigenvalue weighted by Crippen LogP contribution is -2.13. The second-order valence-electron chi connectivity index (χ2n) is 5.87. The molecule has 0 atom stereocenters. The lowest BCUT2D eigenvalue weighted by Gasteiger charge is -2.10. The minimum atomic E-state index is -3.62. The molecule has 0 aliphatic heterocycles. The zero-order valence-electron chi connectivity index (χ0n) is 14.5. The molecule has 0 amide bonds. The van der Waals surface area contributed by atoms with Crippen molar-refractivity contribution in [3.05, 3.63) is 84.1 Å². The average molecular weight is 367 g/mol. The van der Waals surface area contributed by atoms with Crippen LogP contribution in [0.1, 0.15) is 18.1 Å². The molecule has 1 heterocycles. The topological polar surface area (TPSA) is 71.1 Å². The van der Waals surface area contributed by atoms with Gasteiger partial charge in [0, 0.05) is 6.54 Å². The summed E-state index contributed by atoms with van der Waals surface area (Å²) in [5.41, 5.74) is 2.67. The van der Waals surface area contributed by atoms with Gasteiger partial charge >= 0.3 is 0 Å². The number of rotatable bonds is 7. The van der Waals surface area contributed by atoms with Crippen LogP contribution in [0, 0.1) is 0 Å². The highest BCUT2D eigenvalue weighted by Crippen LogP contribution is 2.17. The fourth-order valence-corrected chi connectivity index (χ4v) is 3.51. The van der Waals surface area contributed by atoms with Crippen LogP contribution in [-0.4, -0.2) is 13.4 Å². The van der Waals surface area contributed by atoms with Gasteiger partial charge in [0.05, 0.1) is 16.8 Å². The van der Waals surface area contributed by atoms with Crippen LogP contribution in [0.4, 0.5) is 11.5 Å². The zero-order valence-corrected chi connectivity index (χ0v) is 15.3. The molecule has 2 aromatic carbocycles. The predicted octanol–water partition coefficient (Wildman–Crippen LogP) is 4.06. The molecule has 0 unspecified atom stereocenters. The molecule has 0 aliphatic rings. The average Bonchev–Trinajstić information content (AvgIpc) is 2.68. The first-order chi connectivity index (χ1) is 12.6. The number of nitrogens with zero attached hydrogens (tertiary/aromatic N) is 1. The minimum Gasteiger partial charge on any atom is -0.366 e. The lowest BCUT2D eigenvalue weighted by atomic mass is 10.2. The smallest absolute Gasteiger partial charge is 0.261 e. The molecule has 3 aromatic rings. The SMILES string of the molecule is CCc1ccc(S(=O)(=O)Nc2ccc(NCc3ccccc3)nc2)cc1. The van der Waals surface area contributed by atoms with Crippen LogP contribution in [0.15, 0.2) is 77.8 Å². The van der Waals surface area contributed by atoms with E-state index in [2.05, 4.69) is 15.0 Å². The number of nitrogens with one attached hydrogen (secondary N) is 2. The van der Waals surface area contributed by atoms with Crippen LogP contribution in [-0.2, 0) is 23.0 Å². The van der Waals surface area contributed by atoms with E-state index in [1.54, 1.807) is 24.3 Å². The summed E-state index contributed by atoms with van der Waals surface area (Å²) in [5.74, 6) is 0.684. The monoisotopic (exact) mass is 367 g/mol. The number of aryl methyl sites for hydroxylation is 1. The van der Waals surface area contributed by atoms with Gasteiger partial charge in [-0.05, 0) is 41.8 Å². The van der Waals surface area contributed by atoms with Crippen molar-refractivity contribution in [1.82, 2.24) is 4.98 Å². The van der Waals surface area contributed by atoms with Crippen molar-refractivity contribution in [1.29, 1.82) is 0 Å². The molecule has 0 fully saturated rings. The third kappa shape index (κ3) is 4.61. The van der Waals surface area contributed by atoms with Crippen LogP contribution >= 0.6 is 0 Å². The summed E-state index contributed by atoms with van der Waals surface area (Å²) >= 11 is 0. The van der Waals surface area contributed by atoms with E-state index >= 15 is 0 Å². The Balaban J connectivity index is 1.64. The van der Waals surface area contributed by atoms with Gasteiger partial charge in [-0.1, -0.05) is 49.4 Å². The molecular weight excluding hydrogens is 346 g/mol. The van der Waals surface area contributed by atoms with Crippen molar-refractivity contribution < 1.29 is 8.42 Å². The largest absolute Gasteiger partial charge is 0.366 e. The van der Waals surface area contributed by atoms with E-state index in [4.69, 9.17) is 0 Å². The molecule has 5 nitrogen and oxygen atoms in total. The van der Waals surface area contributed by atoms with E-state index in [1.165, 1.54) is 6.20 Å². The Morgan fingerprint density at radius 2 is 1.62 bits per heavy atom. The van der Waals surface area contributed by atoms with Crippen LogP contribution in [0.25, 0.3) is 0 Å². The third-order valence-corrected chi connectivity index (χ3v) is 5.37. The van der Waals surface area contributed by atoms with Crippen molar-refractivity contribution in [2.45, 2.75) is 24.8 Å². The predicted molar refractivity (Wildman–Crippen MR) is 105 cm³/mol. The first-order valence-corrected chi connectivity index (χ1v) is 9.91. The molecular formula is C20H21N3O2S. The molecule has 26 heavy (non-hydrogen) atoms. The van der Waals surface area contributed by atoms with Gasteiger partial charge in [0.2, 0.25) is 0 Å². The Hall–Kier alpha value is -2.86. The summed E-state index contributed by atoms with van der Waals surface area (Å²) in [5, 5.41) is 3.21. The number of hydrogen-bond acceptors (Lipinski definition) is 4. The number of aromatic nitrogens is 1. The molecule has 0 saturated heterocycles. The van der Waals surface area contributed by atoms with Crippen molar-refractivity contribution in [3.8, 4) is 0 Å². The normalized spacial score (nSPS) is 11.1. The first kappa shape index (κ1) is 17.9. The van der Waals surface area contributed by atoms with Crippen LogP contribution in [0.2, 0.25) is 0 Å². The standard InChI is InChI=1S/C20H21N3O2S/c1-2-16-8-11-19(12-9-16)26(24,25)23-18-10-13-20(22-15-18)21-14-17-6-4-3-5-7-17/h3-13,15,23H,2,14H2,1H3,(H,21,22). The molecule has 1 aromatic heterocycles. The fraction of sp³-hybridized carbons (Fsp3) is 0.150. The molecule has 3 rings (SSSR count). The van der Waals surface area contributed by atoms with Crippen LogP contribution in [0.3, 0.4) is 0 Å². The number of pyridine rings is 1. The van der Waals surface area contributed by atoms with Gasteiger partial charge < -0.3 is 5.32 Å². The highest BCUT2D eigenvalue weighted by atomic mass is 32.2. The second kappa shape index (κ2) is 8.01. The Morgan fingerprint density at radius 1 is 0.885 bits per heavy atom.